The van der Waals surface area contributed by atoms with Crippen molar-refractivity contribution in [3.8, 4) is 17.2 Å². The molecule has 0 aromatic heterocycles. The molecule has 2 unspecified atom stereocenters. The van der Waals surface area contributed by atoms with Gasteiger partial charge in [-0.25, -0.2) is 8.42 Å². The van der Waals surface area contributed by atoms with Crippen molar-refractivity contribution in [1.29, 1.82) is 0 Å². The van der Waals surface area contributed by atoms with Gasteiger partial charge in [0.1, 0.15) is 5.75 Å². The summed E-state index contributed by atoms with van der Waals surface area (Å²) in [5.74, 6) is 1.20. The molecule has 9 heteroatoms. The number of hydrogen-bond donors (Lipinski definition) is 1. The Labute approximate surface area is 189 Å². The van der Waals surface area contributed by atoms with Crippen molar-refractivity contribution in [2.24, 2.45) is 5.92 Å². The van der Waals surface area contributed by atoms with Crippen LogP contribution in [0.4, 0.5) is 0 Å². The van der Waals surface area contributed by atoms with E-state index in [9.17, 15) is 13.2 Å². The molecule has 174 valence electrons. The highest BCUT2D eigenvalue weighted by Crippen LogP contribution is 2.30. The van der Waals surface area contributed by atoms with Gasteiger partial charge in [-0.2, -0.15) is 4.31 Å². The molecular formula is C23H30N2O6S. The molecule has 1 N–H and O–H groups in total. The van der Waals surface area contributed by atoms with Crippen LogP contribution in [0.15, 0.2) is 47.4 Å². The number of amides is 1. The molecule has 0 aliphatic carbocycles. The van der Waals surface area contributed by atoms with E-state index in [2.05, 4.69) is 5.32 Å². The first kappa shape index (κ1) is 23.9. The summed E-state index contributed by atoms with van der Waals surface area (Å²) in [5, 5.41) is 3.01. The molecule has 0 bridgehead atoms. The number of nitrogens with zero attached hydrogens (tertiary/aromatic N) is 1. The van der Waals surface area contributed by atoms with Gasteiger partial charge in [0.2, 0.25) is 15.9 Å². The van der Waals surface area contributed by atoms with Crippen molar-refractivity contribution in [2.45, 2.75) is 30.7 Å². The van der Waals surface area contributed by atoms with E-state index in [0.717, 1.165) is 5.56 Å². The molecule has 0 spiro atoms. The smallest absolute Gasteiger partial charge is 0.243 e. The summed E-state index contributed by atoms with van der Waals surface area (Å²) in [5.41, 5.74) is 0.870. The van der Waals surface area contributed by atoms with Gasteiger partial charge >= 0.3 is 0 Å². The van der Waals surface area contributed by atoms with Crippen molar-refractivity contribution in [2.75, 3.05) is 34.4 Å². The molecule has 1 fully saturated rings. The normalized spacial score (nSPS) is 17.9. The number of nitrogens with one attached hydrogen (secondary N) is 1. The van der Waals surface area contributed by atoms with Crippen LogP contribution in [0, 0.1) is 5.92 Å². The number of benzene rings is 2. The zero-order valence-corrected chi connectivity index (χ0v) is 19.6. The summed E-state index contributed by atoms with van der Waals surface area (Å²) in [7, 11) is 0.972. The lowest BCUT2D eigenvalue weighted by Crippen LogP contribution is -2.45. The Balaban J connectivity index is 1.68. The second-order valence-electron chi connectivity index (χ2n) is 7.72. The number of piperidine rings is 1. The standard InChI is InChI=1S/C23H30N2O6S/c1-16(17-7-12-21(30-3)22(14-17)31-4)24-23(26)18-6-5-13-25(15-18)32(27,28)20-10-8-19(29-2)9-11-20/h7-12,14,16,18H,5-6,13,15H2,1-4H3,(H,24,26). The van der Waals surface area contributed by atoms with Crippen molar-refractivity contribution in [1.82, 2.24) is 9.62 Å². The van der Waals surface area contributed by atoms with Gasteiger partial charge in [-0.3, -0.25) is 4.79 Å². The molecule has 1 saturated heterocycles. The Morgan fingerprint density at radius 1 is 1.03 bits per heavy atom. The first-order valence-corrected chi connectivity index (χ1v) is 11.9. The summed E-state index contributed by atoms with van der Waals surface area (Å²) in [6.07, 6.45) is 1.26. The third kappa shape index (κ3) is 5.16. The molecule has 2 atom stereocenters. The Bertz CT molecular complexity index is 1040. The van der Waals surface area contributed by atoms with E-state index in [0.29, 0.717) is 36.6 Å². The van der Waals surface area contributed by atoms with E-state index >= 15 is 0 Å². The maximum absolute atomic E-state index is 13.1. The third-order valence-corrected chi connectivity index (χ3v) is 7.60. The van der Waals surface area contributed by atoms with Gasteiger partial charge in [0, 0.05) is 13.1 Å². The minimum atomic E-state index is -3.68. The summed E-state index contributed by atoms with van der Waals surface area (Å²) >= 11 is 0. The van der Waals surface area contributed by atoms with Gasteiger partial charge in [0.25, 0.3) is 0 Å². The van der Waals surface area contributed by atoms with Crippen LogP contribution in [-0.2, 0) is 14.8 Å². The summed E-state index contributed by atoms with van der Waals surface area (Å²) in [6.45, 7) is 2.43. The second-order valence-corrected chi connectivity index (χ2v) is 9.66. The maximum atomic E-state index is 13.1. The summed E-state index contributed by atoms with van der Waals surface area (Å²) in [6, 6.07) is 11.5. The number of rotatable bonds is 8. The minimum Gasteiger partial charge on any atom is -0.497 e. The second kappa shape index (κ2) is 10.2. The molecule has 2 aromatic carbocycles. The van der Waals surface area contributed by atoms with Crippen LogP contribution in [-0.4, -0.2) is 53.0 Å². The van der Waals surface area contributed by atoms with Gasteiger partial charge in [0.15, 0.2) is 11.5 Å². The topological polar surface area (TPSA) is 94.2 Å². The number of methoxy groups -OCH3 is 3. The first-order valence-electron chi connectivity index (χ1n) is 10.5. The highest BCUT2D eigenvalue weighted by atomic mass is 32.2. The molecule has 0 radical (unpaired) electrons. The average Bonchev–Trinajstić information content (AvgIpc) is 2.83. The summed E-state index contributed by atoms with van der Waals surface area (Å²) < 4.78 is 43.2. The fourth-order valence-electron chi connectivity index (χ4n) is 3.81. The number of carbonyl (C=O) groups is 1. The molecule has 1 aliphatic rings. The van der Waals surface area contributed by atoms with Gasteiger partial charge < -0.3 is 19.5 Å². The number of sulfonamides is 1. The lowest BCUT2D eigenvalue weighted by Gasteiger charge is -2.32. The van der Waals surface area contributed by atoms with Crippen LogP contribution in [0.2, 0.25) is 0 Å². The van der Waals surface area contributed by atoms with E-state index in [4.69, 9.17) is 14.2 Å². The molecule has 1 heterocycles. The number of hydrogen-bond acceptors (Lipinski definition) is 6. The van der Waals surface area contributed by atoms with Crippen molar-refractivity contribution in [3.05, 3.63) is 48.0 Å². The lowest BCUT2D eigenvalue weighted by molar-refractivity contribution is -0.126. The molecular weight excluding hydrogens is 432 g/mol. The quantitative estimate of drug-likeness (QED) is 0.648. The van der Waals surface area contributed by atoms with E-state index in [1.165, 1.54) is 23.5 Å². The monoisotopic (exact) mass is 462 g/mol. The minimum absolute atomic E-state index is 0.152. The Kier molecular flexibility index (Phi) is 7.63. The largest absolute Gasteiger partial charge is 0.497 e. The molecule has 32 heavy (non-hydrogen) atoms. The molecule has 2 aromatic rings. The SMILES string of the molecule is COc1ccc(S(=O)(=O)N2CCCC(C(=O)NC(C)c3ccc(OC)c(OC)c3)C2)cc1. The molecule has 0 saturated carbocycles. The molecule has 3 rings (SSSR count). The zero-order chi connectivity index (χ0) is 23.3. The maximum Gasteiger partial charge on any atom is 0.243 e. The van der Waals surface area contributed by atoms with Crippen LogP contribution in [0.25, 0.3) is 0 Å². The number of ether oxygens (including phenoxy) is 3. The van der Waals surface area contributed by atoms with Gasteiger partial charge in [-0.1, -0.05) is 6.07 Å². The van der Waals surface area contributed by atoms with Gasteiger partial charge in [-0.15, -0.1) is 0 Å². The van der Waals surface area contributed by atoms with Gasteiger partial charge in [-0.05, 0) is 61.7 Å². The van der Waals surface area contributed by atoms with E-state index in [1.807, 2.05) is 19.1 Å². The predicted molar refractivity (Wildman–Crippen MR) is 121 cm³/mol. The lowest BCUT2D eigenvalue weighted by atomic mass is 9.98. The summed E-state index contributed by atoms with van der Waals surface area (Å²) in [4.78, 5) is 13.1. The van der Waals surface area contributed by atoms with Crippen molar-refractivity contribution >= 4 is 15.9 Å². The molecule has 1 aliphatic heterocycles. The van der Waals surface area contributed by atoms with E-state index < -0.39 is 15.9 Å². The highest BCUT2D eigenvalue weighted by Gasteiger charge is 2.33. The molecule has 8 nitrogen and oxygen atoms in total. The average molecular weight is 463 g/mol. The molecule has 1 amide bonds. The van der Waals surface area contributed by atoms with Gasteiger partial charge in [0.05, 0.1) is 38.2 Å². The predicted octanol–water partition coefficient (Wildman–Crippen LogP) is 2.99. The first-order chi connectivity index (χ1) is 15.3. The Hall–Kier alpha value is -2.78. The van der Waals surface area contributed by atoms with Crippen LogP contribution >= 0.6 is 0 Å². The van der Waals surface area contributed by atoms with Crippen LogP contribution < -0.4 is 19.5 Å². The fourth-order valence-corrected chi connectivity index (χ4v) is 5.33. The van der Waals surface area contributed by atoms with Crippen molar-refractivity contribution in [3.63, 3.8) is 0 Å². The third-order valence-electron chi connectivity index (χ3n) is 5.72. The number of carbonyl (C=O) groups excluding carboxylic acids is 1. The Morgan fingerprint density at radius 2 is 1.72 bits per heavy atom. The Morgan fingerprint density at radius 3 is 2.34 bits per heavy atom. The van der Waals surface area contributed by atoms with Crippen LogP contribution in [0.5, 0.6) is 17.2 Å². The van der Waals surface area contributed by atoms with E-state index in [-0.39, 0.29) is 23.4 Å². The van der Waals surface area contributed by atoms with Crippen LogP contribution in [0.1, 0.15) is 31.4 Å². The fraction of sp³-hybridized carbons (Fsp3) is 0.435. The van der Waals surface area contributed by atoms with Crippen molar-refractivity contribution < 1.29 is 27.4 Å². The van der Waals surface area contributed by atoms with E-state index in [1.54, 1.807) is 32.4 Å². The van der Waals surface area contributed by atoms with Crippen LogP contribution in [0.3, 0.4) is 0 Å². The highest BCUT2D eigenvalue weighted by molar-refractivity contribution is 7.89. The zero-order valence-electron chi connectivity index (χ0n) is 18.8.